The highest BCUT2D eigenvalue weighted by molar-refractivity contribution is 7.86. The summed E-state index contributed by atoms with van der Waals surface area (Å²) < 4.78 is 60.8. The molecule has 5 atom stereocenters. The third kappa shape index (κ3) is 5.74. The maximum atomic E-state index is 15.4. The third-order valence-electron chi connectivity index (χ3n) is 10.0. The molecule has 50 heavy (non-hydrogen) atoms. The van der Waals surface area contributed by atoms with Crippen LogP contribution in [0.4, 0.5) is 14.9 Å². The minimum Gasteiger partial charge on any atom is -0.497 e. The smallest absolute Gasteiger partial charge is 0.497 e. The van der Waals surface area contributed by atoms with E-state index in [-0.39, 0.29) is 47.8 Å². The van der Waals surface area contributed by atoms with Gasteiger partial charge in [-0.25, -0.2) is 9.37 Å². The van der Waals surface area contributed by atoms with Crippen LogP contribution in [-0.4, -0.2) is 109 Å². The number of pyridine rings is 1. The SMILES string of the molecule is CCOc1ncccc1C1C(C2C(=O)Nc3ccc(F)cc32)[N+](C(=O)O)(S(=O)(=O)c2ccc(OC)cc2OC)C(Cl)CN1C1CCN(C)CC1. The zero-order valence-corrected chi connectivity index (χ0v) is 29.7. The fourth-order valence-corrected chi connectivity index (χ4v) is 10.5. The molecule has 0 saturated carbocycles. The first-order valence-corrected chi connectivity index (χ1v) is 18.1. The number of nitrogens with one attached hydrogen (secondary N) is 1. The van der Waals surface area contributed by atoms with Crippen molar-refractivity contribution >= 4 is 39.3 Å². The van der Waals surface area contributed by atoms with Gasteiger partial charge in [0.25, 0.3) is 0 Å². The van der Waals surface area contributed by atoms with Crippen LogP contribution in [0.1, 0.15) is 42.9 Å². The van der Waals surface area contributed by atoms with Gasteiger partial charge in [0.1, 0.15) is 23.2 Å². The highest BCUT2D eigenvalue weighted by Gasteiger charge is 2.72. The van der Waals surface area contributed by atoms with Crippen LogP contribution >= 0.6 is 11.6 Å². The van der Waals surface area contributed by atoms with Crippen LogP contribution in [0, 0.1) is 5.82 Å². The molecule has 3 aliphatic heterocycles. The average Bonchev–Trinajstić information content (AvgIpc) is 3.42. The lowest BCUT2D eigenvalue weighted by molar-refractivity contribution is -0.788. The van der Waals surface area contributed by atoms with Gasteiger partial charge in [0, 0.05) is 29.6 Å². The topological polar surface area (TPSA) is 148 Å². The molecule has 2 fully saturated rings. The number of ether oxygens (including phenoxy) is 3. The molecule has 5 unspecified atom stereocenters. The van der Waals surface area contributed by atoms with Gasteiger partial charge < -0.3 is 29.5 Å². The van der Waals surface area contributed by atoms with Crippen molar-refractivity contribution in [3.63, 3.8) is 0 Å². The Hall–Kier alpha value is -4.02. The molecule has 0 radical (unpaired) electrons. The number of alkyl halides is 1. The van der Waals surface area contributed by atoms with Crippen LogP contribution in [0.5, 0.6) is 17.4 Å². The Balaban J connectivity index is 1.72. The molecule has 2 N–H and O–H groups in total. The largest absolute Gasteiger partial charge is 0.531 e. The van der Waals surface area contributed by atoms with E-state index in [0.29, 0.717) is 18.4 Å². The number of quaternary nitrogens is 1. The normalized spacial score (nSPS) is 26.2. The number of fused-ring (bicyclic) bond motifs is 1. The summed E-state index contributed by atoms with van der Waals surface area (Å²) in [4.78, 5) is 36.6. The summed E-state index contributed by atoms with van der Waals surface area (Å²) in [5.74, 6) is -2.65. The molecule has 0 aliphatic carbocycles. The number of hydrogen-bond acceptors (Lipinski definition) is 10. The number of methoxy groups -OCH3 is 2. The number of rotatable bonds is 9. The molecular formula is C34H40ClFN5O8S+. The van der Waals surface area contributed by atoms with Gasteiger partial charge in [0.05, 0.1) is 33.4 Å². The number of carboxylic acid groups (broad SMARTS) is 1. The average molecular weight is 733 g/mol. The van der Waals surface area contributed by atoms with E-state index < -0.39 is 60.1 Å². The number of nitrogens with zero attached hydrogens (tertiary/aromatic N) is 4. The van der Waals surface area contributed by atoms with E-state index in [1.807, 2.05) is 11.9 Å². The molecule has 2 aromatic carbocycles. The lowest BCUT2D eigenvalue weighted by Gasteiger charge is -2.55. The fourth-order valence-electron chi connectivity index (χ4n) is 7.76. The van der Waals surface area contributed by atoms with E-state index in [9.17, 15) is 14.7 Å². The molecule has 0 bridgehead atoms. The Morgan fingerprint density at radius 2 is 1.86 bits per heavy atom. The summed E-state index contributed by atoms with van der Waals surface area (Å²) in [5.41, 5.74) is -0.939. The minimum absolute atomic E-state index is 0.113. The van der Waals surface area contributed by atoms with Crippen molar-refractivity contribution in [2.24, 2.45) is 0 Å². The summed E-state index contributed by atoms with van der Waals surface area (Å²) in [6, 6.07) is 7.90. The number of sulfonamides is 1. The molecule has 3 aromatic rings. The Morgan fingerprint density at radius 1 is 1.12 bits per heavy atom. The summed E-state index contributed by atoms with van der Waals surface area (Å²) in [5, 5.41) is 14.2. The molecule has 3 aliphatic rings. The number of carbonyl (C=O) groups is 2. The fraction of sp³-hybridized carbons (Fsp3) is 0.441. The van der Waals surface area contributed by atoms with E-state index in [1.165, 1.54) is 50.7 Å². The van der Waals surface area contributed by atoms with Gasteiger partial charge in [-0.05, 0) is 81.9 Å². The van der Waals surface area contributed by atoms with Crippen molar-refractivity contribution in [2.45, 2.75) is 54.2 Å². The lowest BCUT2D eigenvalue weighted by atomic mass is 9.80. The minimum atomic E-state index is -5.14. The Morgan fingerprint density at radius 3 is 2.52 bits per heavy atom. The second-order valence-electron chi connectivity index (χ2n) is 12.6. The monoisotopic (exact) mass is 732 g/mol. The van der Waals surface area contributed by atoms with Crippen LogP contribution in [0.25, 0.3) is 0 Å². The Labute approximate surface area is 295 Å². The van der Waals surface area contributed by atoms with Crippen molar-refractivity contribution in [3.8, 4) is 17.4 Å². The molecule has 1 aromatic heterocycles. The first-order valence-electron chi connectivity index (χ1n) is 16.3. The van der Waals surface area contributed by atoms with Gasteiger partial charge in [-0.1, -0.05) is 21.6 Å². The predicted octanol–water partition coefficient (Wildman–Crippen LogP) is 4.64. The van der Waals surface area contributed by atoms with Gasteiger partial charge in [-0.3, -0.25) is 9.69 Å². The third-order valence-corrected chi connectivity index (χ3v) is 12.9. The summed E-state index contributed by atoms with van der Waals surface area (Å²) in [6.45, 7) is 3.20. The number of halogens is 2. The highest BCUT2D eigenvalue weighted by atomic mass is 35.5. The van der Waals surface area contributed by atoms with Gasteiger partial charge in [-0.2, -0.15) is 13.2 Å². The van der Waals surface area contributed by atoms with Crippen molar-refractivity contribution < 1.29 is 45.6 Å². The van der Waals surface area contributed by atoms with E-state index in [2.05, 4.69) is 15.2 Å². The quantitative estimate of drug-likeness (QED) is 0.180. The standard InChI is InChI=1S/C34H39ClFN5O8S/c1-5-49-33-23(7-6-14-37-33)30-31(29-24-17-20(36)8-10-25(24)38-32(29)42)41(34(43)44,28(35)19-40(30)21-12-15-39(2)16-13-21)50(45,46)27-11-9-22(47-3)18-26(27)48-4/h6-11,14,17-18,21,28-31H,5,12-13,15-16,19H2,1-4H3,(H-,38,42,43,44)/p+1. The molecule has 6 rings (SSSR count). The van der Waals surface area contributed by atoms with Crippen molar-refractivity contribution in [1.82, 2.24) is 14.8 Å². The van der Waals surface area contributed by atoms with E-state index in [0.717, 1.165) is 19.2 Å². The van der Waals surface area contributed by atoms with Gasteiger partial charge in [0.2, 0.25) is 17.3 Å². The van der Waals surface area contributed by atoms with Crippen LogP contribution in [0.2, 0.25) is 0 Å². The molecule has 16 heteroatoms. The molecule has 2 amide bonds. The number of likely N-dealkylation sites (tertiary alicyclic amines) is 1. The number of hydrogen-bond donors (Lipinski definition) is 2. The Bertz CT molecular complexity index is 1890. The van der Waals surface area contributed by atoms with Crippen LogP contribution < -0.4 is 19.5 Å². The number of amides is 2. The van der Waals surface area contributed by atoms with Crippen molar-refractivity contribution in [2.75, 3.05) is 52.8 Å². The van der Waals surface area contributed by atoms with E-state index in [4.69, 9.17) is 25.8 Å². The van der Waals surface area contributed by atoms with Crippen molar-refractivity contribution in [1.29, 1.82) is 0 Å². The second kappa shape index (κ2) is 13.9. The molecule has 13 nitrogen and oxygen atoms in total. The zero-order valence-electron chi connectivity index (χ0n) is 28.1. The van der Waals surface area contributed by atoms with Crippen molar-refractivity contribution in [3.05, 3.63) is 71.7 Å². The summed E-state index contributed by atoms with van der Waals surface area (Å²) in [6.07, 6.45) is 1.01. The van der Waals surface area contributed by atoms with Gasteiger partial charge >= 0.3 is 16.1 Å². The van der Waals surface area contributed by atoms with Crippen LogP contribution in [-0.2, 0) is 14.8 Å². The number of piperidine rings is 1. The highest BCUT2D eigenvalue weighted by Crippen LogP contribution is 2.55. The first-order chi connectivity index (χ1) is 23.9. The number of benzene rings is 2. The molecule has 0 spiro atoms. The molecule has 2 saturated heterocycles. The van der Waals surface area contributed by atoms with E-state index >= 15 is 12.8 Å². The summed E-state index contributed by atoms with van der Waals surface area (Å²) >= 11 is 7.24. The molecular weight excluding hydrogens is 693 g/mol. The van der Waals surface area contributed by atoms with Gasteiger partial charge in [0.15, 0.2) is 10.9 Å². The van der Waals surface area contributed by atoms with Crippen LogP contribution in [0.3, 0.4) is 0 Å². The predicted molar refractivity (Wildman–Crippen MR) is 182 cm³/mol. The molecule has 4 heterocycles. The van der Waals surface area contributed by atoms with Crippen LogP contribution in [0.15, 0.2) is 59.6 Å². The lowest BCUT2D eigenvalue weighted by Crippen LogP contribution is -2.76. The first kappa shape index (κ1) is 35.8. The maximum absolute atomic E-state index is 15.4. The summed E-state index contributed by atoms with van der Waals surface area (Å²) in [7, 11) is -0.488. The second-order valence-corrected chi connectivity index (χ2v) is 15.1. The molecule has 268 valence electrons. The zero-order chi connectivity index (χ0) is 36.0. The number of carbonyl (C=O) groups excluding carboxylic acids is 1. The number of piperazine rings is 1. The van der Waals surface area contributed by atoms with E-state index in [1.54, 1.807) is 19.1 Å². The van der Waals surface area contributed by atoms with Gasteiger partial charge in [-0.15, -0.1) is 0 Å². The number of anilines is 1. The maximum Gasteiger partial charge on any atom is 0.531 e. The Kier molecular flexibility index (Phi) is 9.98. The number of aromatic nitrogens is 1.